The van der Waals surface area contributed by atoms with E-state index in [0.29, 0.717) is 9.90 Å². The minimum atomic E-state index is 0.484. The van der Waals surface area contributed by atoms with Crippen LogP contribution in [0.2, 0.25) is 5.02 Å². The molecule has 1 aromatic carbocycles. The maximum Gasteiger partial charge on any atom is 0.245 e. The molecule has 0 bridgehead atoms. The summed E-state index contributed by atoms with van der Waals surface area (Å²) in [6, 6.07) is 7.65. The molecule has 0 N–H and O–H groups in total. The quantitative estimate of drug-likeness (QED) is 0.684. The second kappa shape index (κ2) is 2.88. The average molecular weight is 196 g/mol. The second-order valence-electron chi connectivity index (χ2n) is 2.34. The predicted octanol–water partition coefficient (Wildman–Crippen LogP) is 3.01. The molecule has 1 heterocycles. The van der Waals surface area contributed by atoms with E-state index in [2.05, 4.69) is 0 Å². The maximum absolute atomic E-state index is 10.4. The SMILES string of the molecule is O=[C]c1sc2ccccc2c1Cl. The van der Waals surface area contributed by atoms with E-state index in [-0.39, 0.29) is 0 Å². The van der Waals surface area contributed by atoms with Crippen molar-refractivity contribution in [1.29, 1.82) is 0 Å². The van der Waals surface area contributed by atoms with Crippen molar-refractivity contribution >= 4 is 39.3 Å². The smallest absolute Gasteiger partial charge is 0.245 e. The van der Waals surface area contributed by atoms with E-state index >= 15 is 0 Å². The summed E-state index contributed by atoms with van der Waals surface area (Å²) in [5.74, 6) is 0. The van der Waals surface area contributed by atoms with Gasteiger partial charge in [0.15, 0.2) is 0 Å². The van der Waals surface area contributed by atoms with Gasteiger partial charge >= 0.3 is 0 Å². The predicted molar refractivity (Wildman–Crippen MR) is 51.6 cm³/mol. The molecule has 0 fully saturated rings. The molecule has 0 aliphatic carbocycles. The van der Waals surface area contributed by atoms with Gasteiger partial charge in [-0.3, -0.25) is 4.79 Å². The van der Waals surface area contributed by atoms with Crippen LogP contribution in [0.25, 0.3) is 10.1 Å². The first-order valence-corrected chi connectivity index (χ1v) is 4.57. The Balaban J connectivity index is 2.87. The van der Waals surface area contributed by atoms with Crippen LogP contribution in [0.5, 0.6) is 0 Å². The standard InChI is InChI=1S/C9H4ClOS/c10-9-6-3-1-2-4-7(6)12-8(9)5-11/h1-4H. The summed E-state index contributed by atoms with van der Waals surface area (Å²) in [7, 11) is 0. The summed E-state index contributed by atoms with van der Waals surface area (Å²) < 4.78 is 1.03. The van der Waals surface area contributed by atoms with Crippen molar-refractivity contribution in [2.45, 2.75) is 0 Å². The number of halogens is 1. The summed E-state index contributed by atoms with van der Waals surface area (Å²) >= 11 is 7.27. The van der Waals surface area contributed by atoms with Gasteiger partial charge in [-0.2, -0.15) is 0 Å². The minimum absolute atomic E-state index is 0.484. The van der Waals surface area contributed by atoms with Crippen LogP contribution in [0.15, 0.2) is 24.3 Å². The lowest BCUT2D eigenvalue weighted by Crippen LogP contribution is -1.69. The van der Waals surface area contributed by atoms with E-state index in [9.17, 15) is 4.79 Å². The molecule has 3 heteroatoms. The molecule has 0 amide bonds. The van der Waals surface area contributed by atoms with Crippen LogP contribution in [0.1, 0.15) is 4.88 Å². The second-order valence-corrected chi connectivity index (χ2v) is 3.77. The Bertz CT molecular complexity index is 433. The van der Waals surface area contributed by atoms with Gasteiger partial charge in [0.25, 0.3) is 0 Å². The fraction of sp³-hybridized carbons (Fsp3) is 0. The highest BCUT2D eigenvalue weighted by Gasteiger charge is 2.08. The minimum Gasteiger partial charge on any atom is -0.284 e. The third-order valence-electron chi connectivity index (χ3n) is 1.63. The molecule has 0 unspecified atom stereocenters. The van der Waals surface area contributed by atoms with Gasteiger partial charge in [0.05, 0.1) is 9.90 Å². The van der Waals surface area contributed by atoms with Gasteiger partial charge < -0.3 is 0 Å². The van der Waals surface area contributed by atoms with Crippen LogP contribution >= 0.6 is 22.9 Å². The highest BCUT2D eigenvalue weighted by atomic mass is 35.5. The van der Waals surface area contributed by atoms with Gasteiger partial charge in [0, 0.05) is 10.1 Å². The maximum atomic E-state index is 10.4. The lowest BCUT2D eigenvalue weighted by atomic mass is 10.2. The first-order chi connectivity index (χ1) is 5.83. The van der Waals surface area contributed by atoms with Crippen molar-refractivity contribution in [2.75, 3.05) is 0 Å². The molecule has 1 radical (unpaired) electrons. The summed E-state index contributed by atoms with van der Waals surface area (Å²) in [5, 5.41) is 1.45. The molecular weight excluding hydrogens is 192 g/mol. The molecule has 2 aromatic rings. The van der Waals surface area contributed by atoms with Gasteiger partial charge in [-0.25, -0.2) is 0 Å². The van der Waals surface area contributed by atoms with E-state index in [0.717, 1.165) is 10.1 Å². The molecule has 0 aliphatic rings. The number of thiophene rings is 1. The number of carbonyl (C=O) groups excluding carboxylic acids is 1. The molecule has 0 spiro atoms. The molecule has 2 rings (SSSR count). The van der Waals surface area contributed by atoms with Crippen LogP contribution in [0.4, 0.5) is 0 Å². The molecule has 0 atom stereocenters. The Kier molecular flexibility index (Phi) is 1.87. The van der Waals surface area contributed by atoms with Crippen LogP contribution in [-0.2, 0) is 4.79 Å². The van der Waals surface area contributed by atoms with Gasteiger partial charge in [-0.05, 0) is 6.07 Å². The van der Waals surface area contributed by atoms with Crippen molar-refractivity contribution in [3.63, 3.8) is 0 Å². The molecule has 0 saturated heterocycles. The highest BCUT2D eigenvalue weighted by molar-refractivity contribution is 7.21. The van der Waals surface area contributed by atoms with E-state index < -0.39 is 0 Å². The Morgan fingerprint density at radius 2 is 2.08 bits per heavy atom. The van der Waals surface area contributed by atoms with Gasteiger partial charge in [0.2, 0.25) is 6.29 Å². The van der Waals surface area contributed by atoms with E-state index in [1.165, 1.54) is 11.3 Å². The zero-order valence-electron chi connectivity index (χ0n) is 6.00. The largest absolute Gasteiger partial charge is 0.284 e. The van der Waals surface area contributed by atoms with E-state index in [1.54, 1.807) is 0 Å². The summed E-state index contributed by atoms with van der Waals surface area (Å²) in [6.07, 6.45) is 1.82. The third kappa shape index (κ3) is 1.04. The molecule has 0 aliphatic heterocycles. The van der Waals surface area contributed by atoms with Crippen LogP contribution < -0.4 is 0 Å². The fourth-order valence-corrected chi connectivity index (χ4v) is 2.34. The average Bonchev–Trinajstić information content (AvgIpc) is 2.44. The molecule has 59 valence electrons. The number of rotatable bonds is 1. The highest BCUT2D eigenvalue weighted by Crippen LogP contribution is 2.33. The molecule has 1 nitrogen and oxygen atoms in total. The third-order valence-corrected chi connectivity index (χ3v) is 3.20. The van der Waals surface area contributed by atoms with Gasteiger partial charge in [-0.1, -0.05) is 29.8 Å². The Morgan fingerprint density at radius 3 is 2.75 bits per heavy atom. The van der Waals surface area contributed by atoms with E-state index in [1.807, 2.05) is 30.6 Å². The van der Waals surface area contributed by atoms with Crippen LogP contribution in [0.3, 0.4) is 0 Å². The van der Waals surface area contributed by atoms with Crippen molar-refractivity contribution in [2.24, 2.45) is 0 Å². The molecule has 0 saturated carbocycles. The van der Waals surface area contributed by atoms with Gasteiger partial charge in [-0.15, -0.1) is 11.3 Å². The monoisotopic (exact) mass is 195 g/mol. The number of hydrogen-bond acceptors (Lipinski definition) is 2. The summed E-state index contributed by atoms with van der Waals surface area (Å²) in [4.78, 5) is 10.9. The number of fused-ring (bicyclic) bond motifs is 1. The fourth-order valence-electron chi connectivity index (χ4n) is 1.08. The summed E-state index contributed by atoms with van der Waals surface area (Å²) in [6.45, 7) is 0. The number of benzene rings is 1. The van der Waals surface area contributed by atoms with Crippen molar-refractivity contribution in [1.82, 2.24) is 0 Å². The first kappa shape index (κ1) is 7.77. The first-order valence-electron chi connectivity index (χ1n) is 3.38. The summed E-state index contributed by atoms with van der Waals surface area (Å²) in [5.41, 5.74) is 0. The van der Waals surface area contributed by atoms with Crippen molar-refractivity contribution in [3.8, 4) is 0 Å². The van der Waals surface area contributed by atoms with Crippen molar-refractivity contribution < 1.29 is 4.79 Å². The lowest BCUT2D eigenvalue weighted by Gasteiger charge is -1.85. The normalized spacial score (nSPS) is 10.4. The number of hydrogen-bond donors (Lipinski definition) is 0. The Hall–Kier alpha value is -0.860. The lowest BCUT2D eigenvalue weighted by molar-refractivity contribution is 0.563. The van der Waals surface area contributed by atoms with E-state index in [4.69, 9.17) is 11.6 Å². The molecule has 1 aromatic heterocycles. The molecule has 12 heavy (non-hydrogen) atoms. The zero-order valence-corrected chi connectivity index (χ0v) is 7.58. The van der Waals surface area contributed by atoms with Gasteiger partial charge in [0.1, 0.15) is 0 Å². The van der Waals surface area contributed by atoms with Crippen LogP contribution in [0, 0.1) is 0 Å². The van der Waals surface area contributed by atoms with Crippen LogP contribution in [-0.4, -0.2) is 6.29 Å². The van der Waals surface area contributed by atoms with Crippen molar-refractivity contribution in [3.05, 3.63) is 34.2 Å². The zero-order chi connectivity index (χ0) is 8.55. The molecular formula is C9H4ClOS. The Labute approximate surface area is 78.6 Å². The topological polar surface area (TPSA) is 17.1 Å². The Morgan fingerprint density at radius 1 is 1.33 bits per heavy atom.